The predicted octanol–water partition coefficient (Wildman–Crippen LogP) is 2.94. The lowest BCUT2D eigenvalue weighted by Crippen LogP contribution is -2.39. The van der Waals surface area contributed by atoms with Crippen molar-refractivity contribution < 1.29 is 4.79 Å². The van der Waals surface area contributed by atoms with Gasteiger partial charge in [0.15, 0.2) is 0 Å². The fourth-order valence-corrected chi connectivity index (χ4v) is 2.77. The van der Waals surface area contributed by atoms with Gasteiger partial charge < -0.3 is 10.2 Å². The Balaban J connectivity index is 1.93. The number of carbonyl (C=O) groups excluding carboxylic acids is 1. The predicted molar refractivity (Wildman–Crippen MR) is 87.9 cm³/mol. The topological polar surface area (TPSA) is 32.3 Å². The van der Waals surface area contributed by atoms with E-state index in [2.05, 4.69) is 12.2 Å². The summed E-state index contributed by atoms with van der Waals surface area (Å²) in [4.78, 5) is 14.4. The average molecular weight is 286 g/mol. The van der Waals surface area contributed by atoms with Crippen molar-refractivity contribution in [2.75, 3.05) is 26.2 Å². The highest BCUT2D eigenvalue weighted by atomic mass is 16.2. The maximum absolute atomic E-state index is 12.4. The minimum absolute atomic E-state index is 0.138. The number of hydrogen-bond donors (Lipinski definition) is 1. The van der Waals surface area contributed by atoms with Crippen LogP contribution in [0.4, 0.5) is 0 Å². The molecule has 1 heterocycles. The first-order valence-electron chi connectivity index (χ1n) is 8.02. The largest absolute Gasteiger partial charge is 0.339 e. The summed E-state index contributed by atoms with van der Waals surface area (Å²) in [7, 11) is 0. The molecule has 114 valence electrons. The summed E-state index contributed by atoms with van der Waals surface area (Å²) in [5.74, 6) is 0.783. The van der Waals surface area contributed by atoms with Gasteiger partial charge in [0, 0.05) is 19.2 Å². The molecule has 0 aromatic heterocycles. The molecule has 21 heavy (non-hydrogen) atoms. The third-order valence-corrected chi connectivity index (χ3v) is 3.96. The van der Waals surface area contributed by atoms with Gasteiger partial charge in [0.1, 0.15) is 0 Å². The van der Waals surface area contributed by atoms with Crippen molar-refractivity contribution in [3.63, 3.8) is 0 Å². The summed E-state index contributed by atoms with van der Waals surface area (Å²) >= 11 is 0. The van der Waals surface area contributed by atoms with Crippen LogP contribution in [0.25, 0.3) is 6.08 Å². The maximum Gasteiger partial charge on any atom is 0.246 e. The standard InChI is InChI=1S/C18H26N2O/c1-2-14-20(15-17-10-12-19-13-11-17)18(21)9-8-16-6-4-3-5-7-16/h3-9,17,19H,2,10-15H2,1H3. The molecule has 1 aliphatic rings. The Labute approximate surface area is 128 Å². The van der Waals surface area contributed by atoms with Gasteiger partial charge in [-0.05, 0) is 49.9 Å². The molecule has 0 saturated carbocycles. The van der Waals surface area contributed by atoms with Crippen LogP contribution >= 0.6 is 0 Å². The van der Waals surface area contributed by atoms with Crippen molar-refractivity contribution >= 4 is 12.0 Å². The monoisotopic (exact) mass is 286 g/mol. The Morgan fingerprint density at radius 1 is 1.29 bits per heavy atom. The van der Waals surface area contributed by atoms with Gasteiger partial charge in [0.05, 0.1) is 0 Å². The second-order valence-corrected chi connectivity index (χ2v) is 5.72. The third-order valence-electron chi connectivity index (χ3n) is 3.96. The zero-order chi connectivity index (χ0) is 14.9. The molecule has 0 aliphatic carbocycles. The Kier molecular flexibility index (Phi) is 6.48. The zero-order valence-electron chi connectivity index (χ0n) is 12.9. The SMILES string of the molecule is CCCN(CC1CCNCC1)C(=O)C=Cc1ccccc1. The highest BCUT2D eigenvalue weighted by molar-refractivity contribution is 5.91. The van der Waals surface area contributed by atoms with E-state index in [-0.39, 0.29) is 5.91 Å². The summed E-state index contributed by atoms with van der Waals surface area (Å²) in [6.45, 7) is 6.04. The number of nitrogens with zero attached hydrogens (tertiary/aromatic N) is 1. The number of nitrogens with one attached hydrogen (secondary N) is 1. The molecule has 1 aliphatic heterocycles. The molecule has 1 N–H and O–H groups in total. The van der Waals surface area contributed by atoms with Crippen LogP contribution in [0.15, 0.2) is 36.4 Å². The van der Waals surface area contributed by atoms with Crippen molar-refractivity contribution in [1.82, 2.24) is 10.2 Å². The zero-order valence-corrected chi connectivity index (χ0v) is 12.9. The van der Waals surface area contributed by atoms with Crippen molar-refractivity contribution in [2.24, 2.45) is 5.92 Å². The molecule has 0 bridgehead atoms. The summed E-state index contributed by atoms with van der Waals surface area (Å²) in [6.07, 6.45) is 6.99. The highest BCUT2D eigenvalue weighted by Crippen LogP contribution is 2.14. The Morgan fingerprint density at radius 3 is 2.67 bits per heavy atom. The molecule has 1 fully saturated rings. The molecular formula is C18H26N2O. The number of benzene rings is 1. The van der Waals surface area contributed by atoms with Crippen molar-refractivity contribution in [3.05, 3.63) is 42.0 Å². The fraction of sp³-hybridized carbons (Fsp3) is 0.500. The number of hydrogen-bond acceptors (Lipinski definition) is 2. The van der Waals surface area contributed by atoms with Gasteiger partial charge in [-0.25, -0.2) is 0 Å². The van der Waals surface area contributed by atoms with E-state index in [9.17, 15) is 4.79 Å². The quantitative estimate of drug-likeness (QED) is 0.816. The summed E-state index contributed by atoms with van der Waals surface area (Å²) in [6, 6.07) is 9.99. The lowest BCUT2D eigenvalue weighted by molar-refractivity contribution is -0.126. The summed E-state index contributed by atoms with van der Waals surface area (Å²) < 4.78 is 0. The first-order valence-corrected chi connectivity index (χ1v) is 8.02. The van der Waals surface area contributed by atoms with Gasteiger partial charge in [0.25, 0.3) is 0 Å². The minimum Gasteiger partial charge on any atom is -0.339 e. The average Bonchev–Trinajstić information content (AvgIpc) is 2.54. The Bertz CT molecular complexity index is 450. The van der Waals surface area contributed by atoms with E-state index in [1.165, 1.54) is 12.8 Å². The maximum atomic E-state index is 12.4. The van der Waals surface area contributed by atoms with E-state index in [1.807, 2.05) is 41.3 Å². The normalized spacial score (nSPS) is 16.2. The molecule has 1 aromatic rings. The van der Waals surface area contributed by atoms with Gasteiger partial charge in [-0.1, -0.05) is 37.3 Å². The minimum atomic E-state index is 0.138. The summed E-state index contributed by atoms with van der Waals surface area (Å²) in [5.41, 5.74) is 1.07. The van der Waals surface area contributed by atoms with E-state index in [4.69, 9.17) is 0 Å². The second kappa shape index (κ2) is 8.63. The van der Waals surface area contributed by atoms with Gasteiger partial charge in [-0.15, -0.1) is 0 Å². The van der Waals surface area contributed by atoms with Crippen LogP contribution in [0, 0.1) is 5.92 Å². The molecule has 0 spiro atoms. The molecule has 1 aromatic carbocycles. The van der Waals surface area contributed by atoms with Gasteiger partial charge >= 0.3 is 0 Å². The molecule has 0 radical (unpaired) electrons. The molecule has 1 amide bonds. The highest BCUT2D eigenvalue weighted by Gasteiger charge is 2.18. The van der Waals surface area contributed by atoms with Crippen LogP contribution < -0.4 is 5.32 Å². The van der Waals surface area contributed by atoms with Gasteiger partial charge in [-0.2, -0.15) is 0 Å². The van der Waals surface area contributed by atoms with E-state index >= 15 is 0 Å². The molecular weight excluding hydrogens is 260 g/mol. The lowest BCUT2D eigenvalue weighted by atomic mass is 9.97. The van der Waals surface area contributed by atoms with E-state index < -0.39 is 0 Å². The first kappa shape index (κ1) is 15.8. The van der Waals surface area contributed by atoms with Crippen molar-refractivity contribution in [3.8, 4) is 0 Å². The molecule has 0 atom stereocenters. The first-order chi connectivity index (χ1) is 10.3. The van der Waals surface area contributed by atoms with Crippen LogP contribution in [0.5, 0.6) is 0 Å². The van der Waals surface area contributed by atoms with Crippen LogP contribution in [-0.2, 0) is 4.79 Å². The van der Waals surface area contributed by atoms with E-state index in [0.29, 0.717) is 5.92 Å². The Hall–Kier alpha value is -1.61. The molecule has 3 nitrogen and oxygen atoms in total. The van der Waals surface area contributed by atoms with Crippen LogP contribution in [0.1, 0.15) is 31.7 Å². The molecule has 2 rings (SSSR count). The fourth-order valence-electron chi connectivity index (χ4n) is 2.77. The van der Waals surface area contributed by atoms with E-state index in [0.717, 1.165) is 38.2 Å². The van der Waals surface area contributed by atoms with Crippen molar-refractivity contribution in [2.45, 2.75) is 26.2 Å². The number of carbonyl (C=O) groups is 1. The second-order valence-electron chi connectivity index (χ2n) is 5.72. The molecule has 0 unspecified atom stereocenters. The number of rotatable bonds is 6. The van der Waals surface area contributed by atoms with E-state index in [1.54, 1.807) is 6.08 Å². The van der Waals surface area contributed by atoms with Crippen LogP contribution in [-0.4, -0.2) is 37.0 Å². The smallest absolute Gasteiger partial charge is 0.246 e. The van der Waals surface area contributed by atoms with Gasteiger partial charge in [-0.3, -0.25) is 4.79 Å². The lowest BCUT2D eigenvalue weighted by Gasteiger charge is -2.29. The van der Waals surface area contributed by atoms with Crippen LogP contribution in [0.3, 0.4) is 0 Å². The van der Waals surface area contributed by atoms with Crippen LogP contribution in [0.2, 0.25) is 0 Å². The third kappa shape index (κ3) is 5.35. The number of amides is 1. The molecule has 3 heteroatoms. The van der Waals surface area contributed by atoms with Gasteiger partial charge in [0.2, 0.25) is 5.91 Å². The summed E-state index contributed by atoms with van der Waals surface area (Å²) in [5, 5.41) is 3.38. The van der Waals surface area contributed by atoms with Crippen molar-refractivity contribution in [1.29, 1.82) is 0 Å². The molecule has 1 saturated heterocycles. The number of piperidine rings is 1. The Morgan fingerprint density at radius 2 is 2.00 bits per heavy atom.